The van der Waals surface area contributed by atoms with Crippen molar-refractivity contribution in [3.63, 3.8) is 0 Å². The lowest BCUT2D eigenvalue weighted by Gasteiger charge is -2.27. The summed E-state index contributed by atoms with van der Waals surface area (Å²) in [4.78, 5) is 6.90. The first-order chi connectivity index (χ1) is 8.59. The first-order valence-electron chi connectivity index (χ1n) is 6.99. The van der Waals surface area contributed by atoms with E-state index in [1.165, 1.54) is 19.3 Å². The molecule has 0 aromatic carbocycles. The zero-order chi connectivity index (χ0) is 13.1. The summed E-state index contributed by atoms with van der Waals surface area (Å²) in [6.45, 7) is 7.35. The molecule has 1 aliphatic carbocycles. The van der Waals surface area contributed by atoms with E-state index in [-0.39, 0.29) is 0 Å². The molecule has 0 amide bonds. The van der Waals surface area contributed by atoms with Crippen molar-refractivity contribution in [1.82, 2.24) is 4.98 Å². The Hall–Kier alpha value is -1.09. The van der Waals surface area contributed by atoms with Gasteiger partial charge in [-0.2, -0.15) is 0 Å². The minimum Gasteiger partial charge on any atom is -0.389 e. The number of anilines is 1. The Kier molecular flexibility index (Phi) is 4.23. The van der Waals surface area contributed by atoms with Crippen molar-refractivity contribution >= 4 is 5.82 Å². The highest BCUT2D eigenvalue weighted by Gasteiger charge is 2.31. The summed E-state index contributed by atoms with van der Waals surface area (Å²) in [6, 6.07) is 4.52. The summed E-state index contributed by atoms with van der Waals surface area (Å²) in [5, 5.41) is 9.87. The van der Waals surface area contributed by atoms with Crippen LogP contribution in [0.5, 0.6) is 0 Å². The van der Waals surface area contributed by atoms with E-state index in [9.17, 15) is 5.11 Å². The lowest BCUT2D eigenvalue weighted by molar-refractivity contribution is 0.199. The summed E-state index contributed by atoms with van der Waals surface area (Å²) >= 11 is 0. The number of aliphatic hydroxyl groups excluding tert-OH is 1. The van der Waals surface area contributed by atoms with Gasteiger partial charge in [-0.05, 0) is 38.2 Å². The Morgan fingerprint density at radius 1 is 1.39 bits per heavy atom. The number of pyridine rings is 1. The lowest BCUT2D eigenvalue weighted by atomic mass is 10.1. The van der Waals surface area contributed by atoms with E-state index in [2.05, 4.69) is 23.7 Å². The van der Waals surface area contributed by atoms with Gasteiger partial charge in [0.1, 0.15) is 5.82 Å². The Morgan fingerprint density at radius 3 is 2.67 bits per heavy atom. The standard InChI is InChI=1S/C15H24N2O/c1-11(2)8-10-17(13-6-7-13)15-14(12(3)18)5-4-9-16-15/h4-5,9,11-13,18H,6-8,10H2,1-3H3. The van der Waals surface area contributed by atoms with E-state index in [0.29, 0.717) is 12.0 Å². The summed E-state index contributed by atoms with van der Waals surface area (Å²) in [5.41, 5.74) is 0.952. The summed E-state index contributed by atoms with van der Waals surface area (Å²) in [5.74, 6) is 1.68. The molecular weight excluding hydrogens is 224 g/mol. The molecule has 1 aromatic rings. The van der Waals surface area contributed by atoms with Crippen LogP contribution < -0.4 is 4.90 Å². The molecule has 100 valence electrons. The van der Waals surface area contributed by atoms with Gasteiger partial charge in [-0.1, -0.05) is 19.9 Å². The number of hydrogen-bond donors (Lipinski definition) is 1. The zero-order valence-electron chi connectivity index (χ0n) is 11.6. The van der Waals surface area contributed by atoms with Gasteiger partial charge < -0.3 is 10.0 Å². The average Bonchev–Trinajstić information content (AvgIpc) is 3.14. The van der Waals surface area contributed by atoms with Gasteiger partial charge in [0.05, 0.1) is 6.10 Å². The second-order valence-corrected chi connectivity index (χ2v) is 5.70. The molecule has 2 rings (SSSR count). The molecule has 1 unspecified atom stereocenters. The Balaban J connectivity index is 2.19. The highest BCUT2D eigenvalue weighted by molar-refractivity contribution is 5.49. The van der Waals surface area contributed by atoms with Crippen LogP contribution in [0.4, 0.5) is 5.82 Å². The van der Waals surface area contributed by atoms with Gasteiger partial charge in [-0.15, -0.1) is 0 Å². The number of aliphatic hydroxyl groups is 1. The van der Waals surface area contributed by atoms with E-state index in [4.69, 9.17) is 0 Å². The van der Waals surface area contributed by atoms with E-state index in [0.717, 1.165) is 17.9 Å². The molecule has 1 N–H and O–H groups in total. The van der Waals surface area contributed by atoms with Gasteiger partial charge in [-0.3, -0.25) is 0 Å². The SMILES string of the molecule is CC(C)CCN(c1ncccc1C(C)O)C1CC1. The fourth-order valence-electron chi connectivity index (χ4n) is 2.22. The monoisotopic (exact) mass is 248 g/mol. The van der Waals surface area contributed by atoms with Crippen LogP contribution in [0.2, 0.25) is 0 Å². The minimum atomic E-state index is -0.450. The predicted molar refractivity (Wildman–Crippen MR) is 74.7 cm³/mol. The molecular formula is C15H24N2O. The molecule has 1 fully saturated rings. The van der Waals surface area contributed by atoms with E-state index in [1.807, 2.05) is 25.3 Å². The highest BCUT2D eigenvalue weighted by Crippen LogP contribution is 2.34. The molecule has 18 heavy (non-hydrogen) atoms. The maximum Gasteiger partial charge on any atom is 0.134 e. The fraction of sp³-hybridized carbons (Fsp3) is 0.667. The van der Waals surface area contributed by atoms with E-state index < -0.39 is 6.10 Å². The summed E-state index contributed by atoms with van der Waals surface area (Å²) in [7, 11) is 0. The van der Waals surface area contributed by atoms with E-state index >= 15 is 0 Å². The van der Waals surface area contributed by atoms with E-state index in [1.54, 1.807) is 0 Å². The topological polar surface area (TPSA) is 36.4 Å². The summed E-state index contributed by atoms with van der Waals surface area (Å²) < 4.78 is 0. The van der Waals surface area contributed by atoms with Gasteiger partial charge in [0.2, 0.25) is 0 Å². The summed E-state index contributed by atoms with van der Waals surface area (Å²) in [6.07, 6.45) is 5.06. The van der Waals surface area contributed by atoms with Crippen LogP contribution >= 0.6 is 0 Å². The molecule has 3 heteroatoms. The van der Waals surface area contributed by atoms with Crippen molar-refractivity contribution in [1.29, 1.82) is 0 Å². The minimum absolute atomic E-state index is 0.450. The normalized spacial score (nSPS) is 16.9. The molecule has 0 radical (unpaired) electrons. The van der Waals surface area contributed by atoms with Crippen molar-refractivity contribution < 1.29 is 5.11 Å². The fourth-order valence-corrected chi connectivity index (χ4v) is 2.22. The van der Waals surface area contributed by atoms with Gasteiger partial charge in [-0.25, -0.2) is 4.98 Å². The Morgan fingerprint density at radius 2 is 2.11 bits per heavy atom. The zero-order valence-corrected chi connectivity index (χ0v) is 11.6. The molecule has 1 aliphatic rings. The first kappa shape index (κ1) is 13.3. The second-order valence-electron chi connectivity index (χ2n) is 5.70. The third-order valence-corrected chi connectivity index (χ3v) is 3.47. The quantitative estimate of drug-likeness (QED) is 0.840. The molecule has 3 nitrogen and oxygen atoms in total. The lowest BCUT2D eigenvalue weighted by Crippen LogP contribution is -2.29. The molecule has 1 saturated carbocycles. The van der Waals surface area contributed by atoms with Crippen molar-refractivity contribution in [2.24, 2.45) is 5.92 Å². The first-order valence-corrected chi connectivity index (χ1v) is 6.99. The highest BCUT2D eigenvalue weighted by atomic mass is 16.3. The molecule has 1 heterocycles. The number of rotatable bonds is 6. The second kappa shape index (κ2) is 5.70. The molecule has 1 aromatic heterocycles. The average molecular weight is 248 g/mol. The molecule has 0 saturated heterocycles. The number of aromatic nitrogens is 1. The Labute approximate surface area is 110 Å². The third kappa shape index (κ3) is 3.22. The third-order valence-electron chi connectivity index (χ3n) is 3.47. The van der Waals surface area contributed by atoms with Crippen molar-refractivity contribution in [2.75, 3.05) is 11.4 Å². The molecule has 0 bridgehead atoms. The Bertz CT molecular complexity index is 386. The van der Waals surface area contributed by atoms with Gasteiger partial charge >= 0.3 is 0 Å². The number of hydrogen-bond acceptors (Lipinski definition) is 3. The molecule has 1 atom stereocenters. The van der Waals surface area contributed by atoms with Crippen molar-refractivity contribution in [3.8, 4) is 0 Å². The molecule has 0 aliphatic heterocycles. The number of nitrogens with zero attached hydrogens (tertiary/aromatic N) is 2. The largest absolute Gasteiger partial charge is 0.389 e. The van der Waals surface area contributed by atoms with Crippen LogP contribution in [-0.2, 0) is 0 Å². The van der Waals surface area contributed by atoms with Gasteiger partial charge in [0.15, 0.2) is 0 Å². The maximum absolute atomic E-state index is 9.87. The van der Waals surface area contributed by atoms with Crippen LogP contribution in [0.25, 0.3) is 0 Å². The van der Waals surface area contributed by atoms with Gasteiger partial charge in [0, 0.05) is 24.3 Å². The van der Waals surface area contributed by atoms with Crippen LogP contribution in [0.15, 0.2) is 18.3 Å². The van der Waals surface area contributed by atoms with Crippen molar-refractivity contribution in [3.05, 3.63) is 23.9 Å². The molecule has 0 spiro atoms. The van der Waals surface area contributed by atoms with Crippen LogP contribution in [0, 0.1) is 5.92 Å². The predicted octanol–water partition coefficient (Wildman–Crippen LogP) is 3.15. The van der Waals surface area contributed by atoms with Crippen LogP contribution in [0.3, 0.4) is 0 Å². The van der Waals surface area contributed by atoms with Crippen LogP contribution in [0.1, 0.15) is 51.7 Å². The maximum atomic E-state index is 9.87. The van der Waals surface area contributed by atoms with Crippen molar-refractivity contribution in [2.45, 2.75) is 52.2 Å². The van der Waals surface area contributed by atoms with Gasteiger partial charge in [0.25, 0.3) is 0 Å². The smallest absolute Gasteiger partial charge is 0.134 e. The van der Waals surface area contributed by atoms with Crippen LogP contribution in [-0.4, -0.2) is 22.7 Å².